The summed E-state index contributed by atoms with van der Waals surface area (Å²) >= 11 is 6.22. The van der Waals surface area contributed by atoms with Crippen LogP contribution in [0.3, 0.4) is 0 Å². The van der Waals surface area contributed by atoms with Crippen molar-refractivity contribution in [2.75, 3.05) is 0 Å². The Morgan fingerprint density at radius 2 is 1.36 bits per heavy atom. The minimum Gasteiger partial charge on any atom is -0.123 e. The van der Waals surface area contributed by atoms with Crippen LogP contribution in [-0.2, 0) is 0 Å². The molecule has 0 aliphatic rings. The highest BCUT2D eigenvalue weighted by atomic mass is 35.5. The smallest absolute Gasteiger partial charge is 0.0338 e. The lowest BCUT2D eigenvalue weighted by atomic mass is 10.0. The van der Waals surface area contributed by atoms with Crippen molar-refractivity contribution in [1.82, 2.24) is 0 Å². The SMILES string of the molecule is CC(C)CCCCCC(Cl)CC(C)C. The van der Waals surface area contributed by atoms with Gasteiger partial charge in [0.15, 0.2) is 0 Å². The zero-order valence-electron chi connectivity index (χ0n) is 10.4. The van der Waals surface area contributed by atoms with Crippen LogP contribution in [0.5, 0.6) is 0 Å². The fraction of sp³-hybridized carbons (Fsp3) is 1.00. The lowest BCUT2D eigenvalue weighted by molar-refractivity contribution is 0.493. The van der Waals surface area contributed by atoms with E-state index in [1.807, 2.05) is 0 Å². The van der Waals surface area contributed by atoms with Gasteiger partial charge in [-0.2, -0.15) is 0 Å². The maximum Gasteiger partial charge on any atom is 0.0338 e. The Bertz CT molecular complexity index is 118. The predicted octanol–water partition coefficient (Wildman–Crippen LogP) is 5.25. The molecule has 1 atom stereocenters. The zero-order valence-corrected chi connectivity index (χ0v) is 11.1. The number of rotatable bonds is 8. The summed E-state index contributed by atoms with van der Waals surface area (Å²) in [6.07, 6.45) is 7.80. The molecule has 0 heterocycles. The number of halogens is 1. The second-order valence-corrected chi connectivity index (χ2v) is 5.88. The first-order valence-corrected chi connectivity index (χ1v) is 6.60. The number of alkyl halides is 1. The van der Waals surface area contributed by atoms with Crippen molar-refractivity contribution < 1.29 is 0 Å². The lowest BCUT2D eigenvalue weighted by Crippen LogP contribution is -2.03. The normalized spacial score (nSPS) is 13.9. The molecule has 1 unspecified atom stereocenters. The van der Waals surface area contributed by atoms with Gasteiger partial charge in [-0.05, 0) is 24.7 Å². The van der Waals surface area contributed by atoms with Gasteiger partial charge in [0.05, 0.1) is 0 Å². The van der Waals surface area contributed by atoms with Gasteiger partial charge in [0.25, 0.3) is 0 Å². The first kappa shape index (κ1) is 14.3. The molecule has 0 aromatic heterocycles. The van der Waals surface area contributed by atoms with Crippen molar-refractivity contribution in [2.24, 2.45) is 11.8 Å². The number of hydrogen-bond donors (Lipinski definition) is 0. The molecule has 0 spiro atoms. The van der Waals surface area contributed by atoms with Crippen molar-refractivity contribution in [1.29, 1.82) is 0 Å². The van der Waals surface area contributed by atoms with E-state index in [2.05, 4.69) is 27.7 Å². The molecule has 0 aromatic rings. The second-order valence-electron chi connectivity index (χ2n) is 5.26. The lowest BCUT2D eigenvalue weighted by Gasteiger charge is -2.11. The molecular weight excluding hydrogens is 192 g/mol. The van der Waals surface area contributed by atoms with E-state index >= 15 is 0 Å². The molecule has 0 saturated carbocycles. The molecule has 1 heteroatoms. The van der Waals surface area contributed by atoms with Crippen molar-refractivity contribution in [3.8, 4) is 0 Å². The van der Waals surface area contributed by atoms with Crippen LogP contribution in [-0.4, -0.2) is 5.38 Å². The molecule has 0 saturated heterocycles. The van der Waals surface area contributed by atoms with Crippen molar-refractivity contribution in [2.45, 2.75) is 71.6 Å². The van der Waals surface area contributed by atoms with E-state index in [1.165, 1.54) is 38.5 Å². The maximum absolute atomic E-state index is 6.22. The van der Waals surface area contributed by atoms with Crippen LogP contribution < -0.4 is 0 Å². The van der Waals surface area contributed by atoms with Crippen LogP contribution in [0.15, 0.2) is 0 Å². The third-order valence-electron chi connectivity index (χ3n) is 2.53. The van der Waals surface area contributed by atoms with Crippen LogP contribution in [0.4, 0.5) is 0 Å². The molecule has 0 aliphatic heterocycles. The third kappa shape index (κ3) is 10.4. The molecule has 14 heavy (non-hydrogen) atoms. The molecule has 0 aromatic carbocycles. The highest BCUT2D eigenvalue weighted by Gasteiger charge is 2.06. The van der Waals surface area contributed by atoms with Crippen LogP contribution in [0.2, 0.25) is 0 Å². The summed E-state index contributed by atoms with van der Waals surface area (Å²) < 4.78 is 0. The maximum atomic E-state index is 6.22. The van der Waals surface area contributed by atoms with Gasteiger partial charge >= 0.3 is 0 Å². The van der Waals surface area contributed by atoms with Crippen molar-refractivity contribution in [3.63, 3.8) is 0 Å². The Hall–Kier alpha value is 0.290. The molecule has 0 nitrogen and oxygen atoms in total. The van der Waals surface area contributed by atoms with Crippen LogP contribution in [0.1, 0.15) is 66.2 Å². The molecule has 0 rings (SSSR count). The first-order chi connectivity index (χ1) is 6.52. The Morgan fingerprint density at radius 1 is 0.786 bits per heavy atom. The summed E-state index contributed by atoms with van der Waals surface area (Å²) in [5, 5.41) is 0.411. The second kappa shape index (κ2) is 8.59. The molecule has 0 bridgehead atoms. The van der Waals surface area contributed by atoms with Gasteiger partial charge in [-0.1, -0.05) is 53.4 Å². The Kier molecular flexibility index (Phi) is 8.76. The van der Waals surface area contributed by atoms with Gasteiger partial charge in [0.2, 0.25) is 0 Å². The Morgan fingerprint density at radius 3 is 1.86 bits per heavy atom. The molecule has 0 aliphatic carbocycles. The minimum absolute atomic E-state index is 0.411. The fourth-order valence-electron chi connectivity index (χ4n) is 1.72. The topological polar surface area (TPSA) is 0 Å². The molecule has 86 valence electrons. The van der Waals surface area contributed by atoms with Gasteiger partial charge in [0.1, 0.15) is 0 Å². The highest BCUT2D eigenvalue weighted by Crippen LogP contribution is 2.18. The summed E-state index contributed by atoms with van der Waals surface area (Å²) in [6, 6.07) is 0. The average molecular weight is 219 g/mol. The molecular formula is C13H27Cl. The zero-order chi connectivity index (χ0) is 11.0. The van der Waals surface area contributed by atoms with Gasteiger partial charge in [-0.25, -0.2) is 0 Å². The molecule has 0 radical (unpaired) electrons. The van der Waals surface area contributed by atoms with Gasteiger partial charge in [-0.3, -0.25) is 0 Å². The molecule has 0 N–H and O–H groups in total. The van der Waals surface area contributed by atoms with Crippen LogP contribution in [0.25, 0.3) is 0 Å². The largest absolute Gasteiger partial charge is 0.123 e. The molecule has 0 fully saturated rings. The highest BCUT2D eigenvalue weighted by molar-refractivity contribution is 6.20. The first-order valence-electron chi connectivity index (χ1n) is 6.16. The predicted molar refractivity (Wildman–Crippen MR) is 67.0 cm³/mol. The monoisotopic (exact) mass is 218 g/mol. The van der Waals surface area contributed by atoms with Crippen molar-refractivity contribution in [3.05, 3.63) is 0 Å². The fourth-order valence-corrected chi connectivity index (χ4v) is 2.24. The van der Waals surface area contributed by atoms with E-state index in [4.69, 9.17) is 11.6 Å². The summed E-state index contributed by atoms with van der Waals surface area (Å²) in [6.45, 7) is 9.08. The minimum atomic E-state index is 0.411. The van der Waals surface area contributed by atoms with E-state index < -0.39 is 0 Å². The van der Waals surface area contributed by atoms with E-state index in [1.54, 1.807) is 0 Å². The summed E-state index contributed by atoms with van der Waals surface area (Å²) in [5.74, 6) is 1.60. The number of hydrogen-bond acceptors (Lipinski definition) is 0. The van der Waals surface area contributed by atoms with Crippen LogP contribution in [0, 0.1) is 11.8 Å². The van der Waals surface area contributed by atoms with E-state index in [9.17, 15) is 0 Å². The molecule has 0 amide bonds. The van der Waals surface area contributed by atoms with Crippen molar-refractivity contribution >= 4 is 11.6 Å². The van der Waals surface area contributed by atoms with E-state index in [0.29, 0.717) is 5.38 Å². The third-order valence-corrected chi connectivity index (χ3v) is 2.92. The summed E-state index contributed by atoms with van der Waals surface area (Å²) in [7, 11) is 0. The Balaban J connectivity index is 3.19. The average Bonchev–Trinajstić information content (AvgIpc) is 2.01. The quantitative estimate of drug-likeness (QED) is 0.386. The van der Waals surface area contributed by atoms with Gasteiger partial charge in [-0.15, -0.1) is 11.6 Å². The van der Waals surface area contributed by atoms with E-state index in [-0.39, 0.29) is 0 Å². The van der Waals surface area contributed by atoms with E-state index in [0.717, 1.165) is 11.8 Å². The van der Waals surface area contributed by atoms with Gasteiger partial charge in [0, 0.05) is 5.38 Å². The summed E-state index contributed by atoms with van der Waals surface area (Å²) in [5.41, 5.74) is 0. The Labute approximate surface area is 95.4 Å². The van der Waals surface area contributed by atoms with Crippen LogP contribution >= 0.6 is 11.6 Å². The number of unbranched alkanes of at least 4 members (excludes halogenated alkanes) is 2. The van der Waals surface area contributed by atoms with Gasteiger partial charge < -0.3 is 0 Å². The summed E-state index contributed by atoms with van der Waals surface area (Å²) in [4.78, 5) is 0. The standard InChI is InChI=1S/C13H27Cl/c1-11(2)8-6-5-7-9-13(14)10-12(3)4/h11-13H,5-10H2,1-4H3.